The fraction of sp³-hybridized carbons (Fsp3) is 0.733. The highest BCUT2D eigenvalue weighted by atomic mass is 127. The SMILES string of the molecule is Cc1noc(C)c1CCCN=C(N)N1CCCC(C)C1.I. The third kappa shape index (κ3) is 5.16. The molecular formula is C15H27IN4O. The maximum Gasteiger partial charge on any atom is 0.191 e. The molecule has 1 saturated heterocycles. The number of rotatable bonds is 4. The van der Waals surface area contributed by atoms with Crippen LogP contribution in [-0.2, 0) is 6.42 Å². The molecule has 1 fully saturated rings. The summed E-state index contributed by atoms with van der Waals surface area (Å²) in [5.74, 6) is 2.35. The van der Waals surface area contributed by atoms with Crippen LogP contribution in [0.15, 0.2) is 9.52 Å². The molecule has 1 aromatic rings. The largest absolute Gasteiger partial charge is 0.370 e. The van der Waals surface area contributed by atoms with Crippen molar-refractivity contribution < 1.29 is 4.52 Å². The number of halogens is 1. The Morgan fingerprint density at radius 3 is 2.86 bits per heavy atom. The Morgan fingerprint density at radius 1 is 1.48 bits per heavy atom. The van der Waals surface area contributed by atoms with E-state index in [1.165, 1.54) is 18.4 Å². The number of likely N-dealkylation sites (tertiary alicyclic amines) is 1. The van der Waals surface area contributed by atoms with E-state index in [4.69, 9.17) is 10.3 Å². The summed E-state index contributed by atoms with van der Waals surface area (Å²) in [5, 5.41) is 3.97. The van der Waals surface area contributed by atoms with Gasteiger partial charge in [-0.25, -0.2) is 0 Å². The average molecular weight is 406 g/mol. The van der Waals surface area contributed by atoms with Gasteiger partial charge in [-0.3, -0.25) is 4.99 Å². The summed E-state index contributed by atoms with van der Waals surface area (Å²) in [7, 11) is 0. The zero-order chi connectivity index (χ0) is 14.5. The summed E-state index contributed by atoms with van der Waals surface area (Å²) in [6, 6.07) is 0. The van der Waals surface area contributed by atoms with Crippen LogP contribution >= 0.6 is 24.0 Å². The number of nitrogens with two attached hydrogens (primary N) is 1. The van der Waals surface area contributed by atoms with Gasteiger partial charge in [0, 0.05) is 25.2 Å². The number of aromatic nitrogens is 1. The van der Waals surface area contributed by atoms with Crippen molar-refractivity contribution in [2.75, 3.05) is 19.6 Å². The first-order chi connectivity index (χ1) is 9.58. The molecule has 1 aromatic heterocycles. The third-order valence-corrected chi connectivity index (χ3v) is 4.02. The van der Waals surface area contributed by atoms with Gasteiger partial charge in [0.2, 0.25) is 0 Å². The smallest absolute Gasteiger partial charge is 0.191 e. The molecule has 0 bridgehead atoms. The highest BCUT2D eigenvalue weighted by Gasteiger charge is 2.17. The third-order valence-electron chi connectivity index (χ3n) is 4.02. The van der Waals surface area contributed by atoms with Crippen LogP contribution in [-0.4, -0.2) is 35.7 Å². The molecule has 1 unspecified atom stereocenters. The van der Waals surface area contributed by atoms with Crippen LogP contribution in [0.1, 0.15) is 43.2 Å². The van der Waals surface area contributed by atoms with Crippen LogP contribution in [0, 0.1) is 19.8 Å². The van der Waals surface area contributed by atoms with Crippen LogP contribution in [0.4, 0.5) is 0 Å². The lowest BCUT2D eigenvalue weighted by Crippen LogP contribution is -2.43. The molecular weight excluding hydrogens is 379 g/mol. The molecule has 120 valence electrons. The average Bonchev–Trinajstić information content (AvgIpc) is 2.74. The molecule has 2 heterocycles. The lowest BCUT2D eigenvalue weighted by molar-refractivity contribution is 0.270. The van der Waals surface area contributed by atoms with Crippen molar-refractivity contribution in [1.82, 2.24) is 10.1 Å². The summed E-state index contributed by atoms with van der Waals surface area (Å²) in [5.41, 5.74) is 8.28. The van der Waals surface area contributed by atoms with Gasteiger partial charge in [-0.1, -0.05) is 12.1 Å². The quantitative estimate of drug-likeness (QED) is 0.362. The van der Waals surface area contributed by atoms with Crippen LogP contribution in [0.3, 0.4) is 0 Å². The molecule has 6 heteroatoms. The standard InChI is InChI=1S/C15H26N4O.HI/c1-11-6-5-9-19(10-11)15(16)17-8-4-7-14-12(2)18-20-13(14)3;/h11H,4-10H2,1-3H3,(H2,16,17);1H. The van der Waals surface area contributed by atoms with Crippen molar-refractivity contribution in [3.05, 3.63) is 17.0 Å². The van der Waals surface area contributed by atoms with Crippen molar-refractivity contribution in [3.63, 3.8) is 0 Å². The zero-order valence-corrected chi connectivity index (χ0v) is 15.6. The van der Waals surface area contributed by atoms with Gasteiger partial charge in [-0.15, -0.1) is 24.0 Å². The molecule has 2 N–H and O–H groups in total. The maximum absolute atomic E-state index is 6.07. The van der Waals surface area contributed by atoms with Crippen LogP contribution < -0.4 is 5.73 Å². The Balaban J connectivity index is 0.00000220. The van der Waals surface area contributed by atoms with Crippen molar-refractivity contribution >= 4 is 29.9 Å². The van der Waals surface area contributed by atoms with E-state index in [9.17, 15) is 0 Å². The van der Waals surface area contributed by atoms with Gasteiger partial charge >= 0.3 is 0 Å². The van der Waals surface area contributed by atoms with Crippen LogP contribution in [0.2, 0.25) is 0 Å². The minimum atomic E-state index is 0. The first-order valence-electron chi connectivity index (χ1n) is 7.54. The number of aryl methyl sites for hydroxylation is 2. The molecule has 0 aromatic carbocycles. The fourth-order valence-electron chi connectivity index (χ4n) is 2.81. The molecule has 0 amide bonds. The van der Waals surface area contributed by atoms with Gasteiger partial charge in [0.1, 0.15) is 5.76 Å². The summed E-state index contributed by atoms with van der Waals surface area (Å²) < 4.78 is 5.16. The Hall–Kier alpha value is -0.790. The second-order valence-corrected chi connectivity index (χ2v) is 5.84. The highest BCUT2D eigenvalue weighted by Crippen LogP contribution is 2.16. The lowest BCUT2D eigenvalue weighted by Gasteiger charge is -2.31. The Kier molecular flexibility index (Phi) is 7.48. The molecule has 2 rings (SSSR count). The summed E-state index contributed by atoms with van der Waals surface area (Å²) in [4.78, 5) is 6.72. The van der Waals surface area contributed by atoms with E-state index < -0.39 is 0 Å². The predicted molar refractivity (Wildman–Crippen MR) is 96.2 cm³/mol. The number of nitrogens with zero attached hydrogens (tertiary/aromatic N) is 3. The molecule has 0 saturated carbocycles. The van der Waals surface area contributed by atoms with E-state index in [-0.39, 0.29) is 24.0 Å². The second kappa shape index (κ2) is 8.60. The minimum absolute atomic E-state index is 0. The van der Waals surface area contributed by atoms with Crippen molar-refractivity contribution in [3.8, 4) is 0 Å². The first-order valence-corrected chi connectivity index (χ1v) is 7.54. The van der Waals surface area contributed by atoms with E-state index >= 15 is 0 Å². The second-order valence-electron chi connectivity index (χ2n) is 5.84. The maximum atomic E-state index is 6.07. The Morgan fingerprint density at radius 2 is 2.24 bits per heavy atom. The summed E-state index contributed by atoms with van der Waals surface area (Å²) in [6.07, 6.45) is 4.45. The van der Waals surface area contributed by atoms with E-state index in [1.807, 2.05) is 13.8 Å². The normalized spacial score (nSPS) is 19.5. The summed E-state index contributed by atoms with van der Waals surface area (Å²) in [6.45, 7) is 9.07. The molecule has 21 heavy (non-hydrogen) atoms. The minimum Gasteiger partial charge on any atom is -0.370 e. The van der Waals surface area contributed by atoms with Crippen molar-refractivity contribution in [2.24, 2.45) is 16.6 Å². The first kappa shape index (κ1) is 18.3. The Labute approximate surface area is 144 Å². The van der Waals surface area contributed by atoms with Crippen LogP contribution in [0.5, 0.6) is 0 Å². The highest BCUT2D eigenvalue weighted by molar-refractivity contribution is 14.0. The number of aliphatic imine (C=N–C) groups is 1. The zero-order valence-electron chi connectivity index (χ0n) is 13.3. The summed E-state index contributed by atoms with van der Waals surface area (Å²) >= 11 is 0. The van der Waals surface area contributed by atoms with E-state index in [1.54, 1.807) is 0 Å². The molecule has 1 atom stereocenters. The van der Waals surface area contributed by atoms with Gasteiger partial charge in [0.15, 0.2) is 5.96 Å². The lowest BCUT2D eigenvalue weighted by atomic mass is 10.0. The van der Waals surface area contributed by atoms with Gasteiger partial charge in [0.25, 0.3) is 0 Å². The van der Waals surface area contributed by atoms with Crippen LogP contribution in [0.25, 0.3) is 0 Å². The van der Waals surface area contributed by atoms with Crippen molar-refractivity contribution in [2.45, 2.75) is 46.5 Å². The molecule has 1 aliphatic rings. The molecule has 0 spiro atoms. The monoisotopic (exact) mass is 406 g/mol. The molecule has 0 radical (unpaired) electrons. The number of hydrogen-bond donors (Lipinski definition) is 1. The van der Waals surface area contributed by atoms with E-state index in [2.05, 4.69) is 22.0 Å². The van der Waals surface area contributed by atoms with E-state index in [0.717, 1.165) is 49.8 Å². The van der Waals surface area contributed by atoms with Gasteiger partial charge in [0.05, 0.1) is 5.69 Å². The fourth-order valence-corrected chi connectivity index (χ4v) is 2.81. The Bertz CT molecular complexity index is 453. The number of hydrogen-bond acceptors (Lipinski definition) is 3. The van der Waals surface area contributed by atoms with Gasteiger partial charge in [-0.05, 0) is 45.4 Å². The topological polar surface area (TPSA) is 67.6 Å². The molecule has 0 aliphatic carbocycles. The van der Waals surface area contributed by atoms with Gasteiger partial charge in [-0.2, -0.15) is 0 Å². The van der Waals surface area contributed by atoms with E-state index in [0.29, 0.717) is 5.96 Å². The molecule has 5 nitrogen and oxygen atoms in total. The van der Waals surface area contributed by atoms with Crippen molar-refractivity contribution in [1.29, 1.82) is 0 Å². The number of piperidine rings is 1. The number of guanidine groups is 1. The predicted octanol–water partition coefficient (Wildman–Crippen LogP) is 2.89. The molecule has 1 aliphatic heterocycles. The van der Waals surface area contributed by atoms with Gasteiger partial charge < -0.3 is 15.2 Å².